The highest BCUT2D eigenvalue weighted by Gasteiger charge is 2.10. The van der Waals surface area contributed by atoms with Gasteiger partial charge in [0.25, 0.3) is 0 Å². The van der Waals surface area contributed by atoms with E-state index >= 15 is 0 Å². The van der Waals surface area contributed by atoms with Crippen molar-refractivity contribution in [3.8, 4) is 0 Å². The van der Waals surface area contributed by atoms with Crippen molar-refractivity contribution in [2.45, 2.75) is 148 Å². The molecule has 0 aliphatic carbocycles. The fourth-order valence-electron chi connectivity index (χ4n) is 3.92. The zero-order valence-electron chi connectivity index (χ0n) is 21.3. The molecule has 0 aromatic rings. The molecule has 1 unspecified atom stereocenters. The van der Waals surface area contributed by atoms with Gasteiger partial charge in [-0.1, -0.05) is 129 Å². The second-order valence-electron chi connectivity index (χ2n) is 9.25. The highest BCUT2D eigenvalue weighted by molar-refractivity contribution is 5.81. The predicted molar refractivity (Wildman–Crippen MR) is 135 cm³/mol. The molecule has 0 aliphatic rings. The van der Waals surface area contributed by atoms with Crippen molar-refractivity contribution in [1.29, 1.82) is 0 Å². The quantitative estimate of drug-likeness (QED) is 0.0837. The first-order valence-electron chi connectivity index (χ1n) is 13.6. The smallest absolute Gasteiger partial charge is 0.330 e. The Balaban J connectivity index is 3.24. The van der Waals surface area contributed by atoms with Crippen molar-refractivity contribution in [3.63, 3.8) is 0 Å². The zero-order valence-corrected chi connectivity index (χ0v) is 21.3. The molecule has 0 aromatic carbocycles. The molecule has 1 atom stereocenters. The van der Waals surface area contributed by atoms with Crippen LogP contribution in [0.25, 0.3) is 0 Å². The lowest BCUT2D eigenvalue weighted by Crippen LogP contribution is -2.21. The summed E-state index contributed by atoms with van der Waals surface area (Å²) in [7, 11) is 0. The van der Waals surface area contributed by atoms with E-state index in [1.54, 1.807) is 6.92 Å². The standard InChI is InChI=1S/C28H52O4/c1-4-6-7-8-9-10-11-12-13-14-15-16-17-18-19-20-21-22-23-24-28(30)32-26(3)25-31-27(29)5-2/h5,26H,2,4,6-25H2,1,3H3. The van der Waals surface area contributed by atoms with Crippen LogP contribution in [0.2, 0.25) is 0 Å². The van der Waals surface area contributed by atoms with Crippen molar-refractivity contribution in [2.75, 3.05) is 6.61 Å². The molecule has 0 radical (unpaired) electrons. The monoisotopic (exact) mass is 452 g/mol. The van der Waals surface area contributed by atoms with Gasteiger partial charge in [-0.3, -0.25) is 4.79 Å². The first-order valence-corrected chi connectivity index (χ1v) is 13.6. The Labute approximate surface area is 198 Å². The van der Waals surface area contributed by atoms with E-state index in [2.05, 4.69) is 13.5 Å². The van der Waals surface area contributed by atoms with E-state index < -0.39 is 12.1 Å². The number of ether oxygens (including phenoxy) is 2. The number of hydrogen-bond donors (Lipinski definition) is 0. The van der Waals surface area contributed by atoms with Crippen molar-refractivity contribution in [3.05, 3.63) is 12.7 Å². The fraction of sp³-hybridized carbons (Fsp3) is 0.857. The Morgan fingerprint density at radius 2 is 1.06 bits per heavy atom. The summed E-state index contributed by atoms with van der Waals surface area (Å²) >= 11 is 0. The van der Waals surface area contributed by atoms with E-state index in [1.165, 1.54) is 109 Å². The molecule has 0 saturated carbocycles. The van der Waals surface area contributed by atoms with Gasteiger partial charge in [0.2, 0.25) is 0 Å². The minimum atomic E-state index is -0.494. The van der Waals surface area contributed by atoms with Crippen LogP contribution in [-0.2, 0) is 19.1 Å². The Bertz CT molecular complexity index is 447. The molecule has 0 amide bonds. The third-order valence-corrected chi connectivity index (χ3v) is 5.94. The topological polar surface area (TPSA) is 52.6 Å². The molecule has 0 N–H and O–H groups in total. The SMILES string of the molecule is C=CC(=O)OCC(C)OC(=O)CCCCCCCCCCCCCCCCCCCCC. The molecule has 0 spiro atoms. The highest BCUT2D eigenvalue weighted by Crippen LogP contribution is 2.15. The van der Waals surface area contributed by atoms with Crippen molar-refractivity contribution >= 4 is 11.9 Å². The number of carbonyl (C=O) groups is 2. The first kappa shape index (κ1) is 30.7. The van der Waals surface area contributed by atoms with Crippen molar-refractivity contribution in [2.24, 2.45) is 0 Å². The summed E-state index contributed by atoms with van der Waals surface area (Å²) in [6.45, 7) is 7.42. The number of carbonyl (C=O) groups excluding carboxylic acids is 2. The first-order chi connectivity index (χ1) is 15.6. The second-order valence-corrected chi connectivity index (χ2v) is 9.25. The number of esters is 2. The van der Waals surface area contributed by atoms with Gasteiger partial charge in [-0.2, -0.15) is 0 Å². The van der Waals surface area contributed by atoms with Gasteiger partial charge in [0.05, 0.1) is 0 Å². The summed E-state index contributed by atoms with van der Waals surface area (Å²) in [6, 6.07) is 0. The molecule has 4 heteroatoms. The average Bonchev–Trinajstić information content (AvgIpc) is 2.78. The van der Waals surface area contributed by atoms with E-state index in [1.807, 2.05) is 0 Å². The van der Waals surface area contributed by atoms with Gasteiger partial charge in [-0.25, -0.2) is 4.79 Å². The average molecular weight is 453 g/mol. The molecule has 0 heterocycles. The maximum atomic E-state index is 11.8. The van der Waals surface area contributed by atoms with Crippen LogP contribution < -0.4 is 0 Å². The van der Waals surface area contributed by atoms with Crippen LogP contribution in [0.5, 0.6) is 0 Å². The van der Waals surface area contributed by atoms with Gasteiger partial charge in [0.15, 0.2) is 0 Å². The molecular weight excluding hydrogens is 400 g/mol. The van der Waals surface area contributed by atoms with E-state index in [0.717, 1.165) is 18.9 Å². The Kier molecular flexibility index (Phi) is 23.3. The molecule has 32 heavy (non-hydrogen) atoms. The normalized spacial score (nSPS) is 11.8. The van der Waals surface area contributed by atoms with Gasteiger partial charge in [-0.15, -0.1) is 0 Å². The lowest BCUT2D eigenvalue weighted by atomic mass is 10.0. The van der Waals surface area contributed by atoms with Crippen LogP contribution in [0.4, 0.5) is 0 Å². The summed E-state index contributed by atoms with van der Waals surface area (Å²) in [5, 5.41) is 0. The number of unbranched alkanes of at least 4 members (excludes halogenated alkanes) is 18. The van der Waals surface area contributed by atoms with E-state index in [-0.39, 0.29) is 12.6 Å². The Morgan fingerprint density at radius 3 is 1.44 bits per heavy atom. The molecule has 0 fully saturated rings. The lowest BCUT2D eigenvalue weighted by molar-refractivity contribution is -0.155. The molecule has 0 rings (SSSR count). The Hall–Kier alpha value is -1.32. The number of hydrogen-bond acceptors (Lipinski definition) is 4. The van der Waals surface area contributed by atoms with Crippen LogP contribution in [0.1, 0.15) is 142 Å². The van der Waals surface area contributed by atoms with Crippen LogP contribution >= 0.6 is 0 Å². The third kappa shape index (κ3) is 23.3. The lowest BCUT2D eigenvalue weighted by Gasteiger charge is -2.12. The van der Waals surface area contributed by atoms with Crippen LogP contribution in [0.3, 0.4) is 0 Å². The zero-order chi connectivity index (χ0) is 23.7. The molecular formula is C28H52O4. The van der Waals surface area contributed by atoms with Crippen LogP contribution in [0.15, 0.2) is 12.7 Å². The molecule has 188 valence electrons. The third-order valence-electron chi connectivity index (χ3n) is 5.94. The summed E-state index contributed by atoms with van der Waals surface area (Å²) in [5.74, 6) is -0.703. The van der Waals surface area contributed by atoms with Crippen molar-refractivity contribution in [1.82, 2.24) is 0 Å². The Morgan fingerprint density at radius 1 is 0.688 bits per heavy atom. The van der Waals surface area contributed by atoms with E-state index in [9.17, 15) is 9.59 Å². The maximum Gasteiger partial charge on any atom is 0.330 e. The predicted octanol–water partition coefficient (Wildman–Crippen LogP) is 8.47. The minimum Gasteiger partial charge on any atom is -0.459 e. The van der Waals surface area contributed by atoms with Crippen molar-refractivity contribution < 1.29 is 19.1 Å². The molecule has 0 aliphatic heterocycles. The number of rotatable bonds is 24. The highest BCUT2D eigenvalue weighted by atomic mass is 16.6. The van der Waals surface area contributed by atoms with Gasteiger partial charge in [-0.05, 0) is 13.3 Å². The van der Waals surface area contributed by atoms with E-state index in [4.69, 9.17) is 9.47 Å². The largest absolute Gasteiger partial charge is 0.459 e. The minimum absolute atomic E-state index is 0.0792. The van der Waals surface area contributed by atoms with Gasteiger partial charge >= 0.3 is 11.9 Å². The summed E-state index contributed by atoms with van der Waals surface area (Å²) in [6.07, 6.45) is 26.6. The van der Waals surface area contributed by atoms with Crippen LogP contribution in [-0.4, -0.2) is 24.6 Å². The maximum absolute atomic E-state index is 11.8. The van der Waals surface area contributed by atoms with E-state index in [0.29, 0.717) is 6.42 Å². The molecule has 0 saturated heterocycles. The second kappa shape index (κ2) is 24.3. The van der Waals surface area contributed by atoms with Gasteiger partial charge < -0.3 is 9.47 Å². The van der Waals surface area contributed by atoms with Crippen LogP contribution in [0, 0.1) is 0 Å². The van der Waals surface area contributed by atoms with Gasteiger partial charge in [0, 0.05) is 12.5 Å². The van der Waals surface area contributed by atoms with Gasteiger partial charge in [0.1, 0.15) is 12.7 Å². The summed E-state index contributed by atoms with van der Waals surface area (Å²) in [4.78, 5) is 22.7. The molecule has 0 bridgehead atoms. The summed E-state index contributed by atoms with van der Waals surface area (Å²) in [5.41, 5.74) is 0. The fourth-order valence-corrected chi connectivity index (χ4v) is 3.92. The molecule has 0 aromatic heterocycles. The molecule has 4 nitrogen and oxygen atoms in total. The summed E-state index contributed by atoms with van der Waals surface area (Å²) < 4.78 is 10.1.